The van der Waals surface area contributed by atoms with Crippen molar-refractivity contribution in [2.75, 3.05) is 6.26 Å². The van der Waals surface area contributed by atoms with Gasteiger partial charge in [0.15, 0.2) is 0 Å². The molecule has 0 rings (SSSR count). The molecule has 0 saturated heterocycles. The van der Waals surface area contributed by atoms with Crippen LogP contribution < -0.4 is 5.73 Å². The zero-order valence-corrected chi connectivity index (χ0v) is 5.05. The summed E-state index contributed by atoms with van der Waals surface area (Å²) in [5.41, 5.74) is 4.17. The first kappa shape index (κ1) is 10.4. The summed E-state index contributed by atoms with van der Waals surface area (Å²) >= 11 is 0. The normalized spacial score (nSPS) is 8.75. The van der Waals surface area contributed by atoms with Gasteiger partial charge in [0.2, 0.25) is 6.41 Å². The molecule has 0 atom stereocenters. The third-order valence-electron chi connectivity index (χ3n) is 0. The first-order valence-electron chi connectivity index (χ1n) is 1.49. The highest BCUT2D eigenvalue weighted by Crippen LogP contribution is 1.60. The zero-order valence-electron chi connectivity index (χ0n) is 4.23. The molecule has 8 heavy (non-hydrogen) atoms. The van der Waals surface area contributed by atoms with Crippen LogP contribution in [0.15, 0.2) is 0 Å². The Morgan fingerprint density at radius 3 is 1.62 bits per heavy atom. The van der Waals surface area contributed by atoms with E-state index in [4.69, 9.17) is 9.35 Å². The number of amides is 1. The molecule has 1 amide bonds. The third-order valence-corrected chi connectivity index (χ3v) is 0. The molecule has 0 aromatic heterocycles. The smallest absolute Gasteiger partial charge is 0.261 e. The molecule has 5 nitrogen and oxygen atoms in total. The minimum atomic E-state index is -3.67. The number of hydrogen-bond donors (Lipinski definition) is 2. The van der Waals surface area contributed by atoms with E-state index < -0.39 is 10.1 Å². The van der Waals surface area contributed by atoms with E-state index in [1.165, 1.54) is 0 Å². The summed E-state index contributed by atoms with van der Waals surface area (Å²) in [5, 5.41) is 0. The Morgan fingerprint density at radius 2 is 1.62 bits per heavy atom. The molecular weight excluding hydrogens is 134 g/mol. The molecule has 0 bridgehead atoms. The van der Waals surface area contributed by atoms with Gasteiger partial charge in [0.1, 0.15) is 0 Å². The summed E-state index contributed by atoms with van der Waals surface area (Å²) in [6.45, 7) is 0. The predicted octanol–water partition coefficient (Wildman–Crippen LogP) is -1.39. The van der Waals surface area contributed by atoms with Crippen LogP contribution in [-0.4, -0.2) is 25.6 Å². The Kier molecular flexibility index (Phi) is 5.89. The first-order chi connectivity index (χ1) is 3.41. The quantitative estimate of drug-likeness (QED) is 0.320. The Balaban J connectivity index is 0. The van der Waals surface area contributed by atoms with Crippen LogP contribution in [0.3, 0.4) is 0 Å². The molecule has 50 valence electrons. The van der Waals surface area contributed by atoms with E-state index in [9.17, 15) is 8.42 Å². The molecule has 0 radical (unpaired) electrons. The average molecular weight is 141 g/mol. The van der Waals surface area contributed by atoms with Crippen LogP contribution in [-0.2, 0) is 14.9 Å². The van der Waals surface area contributed by atoms with Crippen molar-refractivity contribution in [2.45, 2.75) is 0 Å². The lowest BCUT2D eigenvalue weighted by Gasteiger charge is -1.69. The summed E-state index contributed by atoms with van der Waals surface area (Å²) in [7, 11) is -3.67. The van der Waals surface area contributed by atoms with Crippen LogP contribution in [0.2, 0.25) is 0 Å². The molecule has 0 unspecified atom stereocenters. The van der Waals surface area contributed by atoms with E-state index >= 15 is 0 Å². The SMILES string of the molecule is CS(=O)(=O)O.NC=O. The lowest BCUT2D eigenvalue weighted by Crippen LogP contribution is -1.88. The van der Waals surface area contributed by atoms with E-state index in [1.807, 2.05) is 0 Å². The summed E-state index contributed by atoms with van der Waals surface area (Å²) in [6, 6.07) is 0. The predicted molar refractivity (Wildman–Crippen MR) is 27.7 cm³/mol. The van der Waals surface area contributed by atoms with Gasteiger partial charge >= 0.3 is 0 Å². The van der Waals surface area contributed by atoms with Crippen molar-refractivity contribution >= 4 is 16.5 Å². The largest absolute Gasteiger partial charge is 0.372 e. The van der Waals surface area contributed by atoms with Gasteiger partial charge < -0.3 is 5.73 Å². The van der Waals surface area contributed by atoms with Crippen LogP contribution >= 0.6 is 0 Å². The molecule has 0 aromatic carbocycles. The fourth-order valence-corrected chi connectivity index (χ4v) is 0. The van der Waals surface area contributed by atoms with Crippen LogP contribution in [0.5, 0.6) is 0 Å². The van der Waals surface area contributed by atoms with Gasteiger partial charge in [-0.15, -0.1) is 0 Å². The summed E-state index contributed by atoms with van der Waals surface area (Å²) in [4.78, 5) is 8.58. The second kappa shape index (κ2) is 4.54. The highest BCUT2D eigenvalue weighted by Gasteiger charge is 1.81. The number of hydrogen-bond acceptors (Lipinski definition) is 3. The van der Waals surface area contributed by atoms with Crippen LogP contribution in [0.4, 0.5) is 0 Å². The minimum Gasteiger partial charge on any atom is -0.372 e. The zero-order chi connectivity index (χ0) is 7.21. The van der Waals surface area contributed by atoms with Gasteiger partial charge in [-0.2, -0.15) is 8.42 Å². The van der Waals surface area contributed by atoms with Gasteiger partial charge in [0, 0.05) is 0 Å². The summed E-state index contributed by atoms with van der Waals surface area (Å²) < 4.78 is 25.9. The number of carbonyl (C=O) groups is 1. The maximum atomic E-state index is 9.19. The van der Waals surface area contributed by atoms with Gasteiger partial charge in [-0.25, -0.2) is 0 Å². The van der Waals surface area contributed by atoms with E-state index in [2.05, 4.69) is 5.73 Å². The highest BCUT2D eigenvalue weighted by atomic mass is 32.2. The van der Waals surface area contributed by atoms with Crippen molar-refractivity contribution in [1.82, 2.24) is 0 Å². The van der Waals surface area contributed by atoms with Crippen molar-refractivity contribution < 1.29 is 17.8 Å². The van der Waals surface area contributed by atoms with Crippen molar-refractivity contribution in [3.8, 4) is 0 Å². The average Bonchev–Trinajstić information content (AvgIpc) is 1.27. The van der Waals surface area contributed by atoms with Crippen LogP contribution in [0.25, 0.3) is 0 Å². The molecule has 0 heterocycles. The molecule has 0 aliphatic rings. The van der Waals surface area contributed by atoms with Gasteiger partial charge in [-0.3, -0.25) is 9.35 Å². The second-order valence-corrected chi connectivity index (χ2v) is 2.34. The lowest BCUT2D eigenvalue weighted by atomic mass is 11.5. The molecule has 0 saturated carbocycles. The molecule has 0 fully saturated rings. The Bertz CT molecular complexity index is 128. The number of rotatable bonds is 0. The molecule has 3 N–H and O–H groups in total. The van der Waals surface area contributed by atoms with Gasteiger partial charge in [-0.1, -0.05) is 0 Å². The van der Waals surface area contributed by atoms with Crippen molar-refractivity contribution in [2.24, 2.45) is 5.73 Å². The number of primary amides is 1. The first-order valence-corrected chi connectivity index (χ1v) is 3.34. The number of carbonyl (C=O) groups excluding carboxylic acids is 1. The molecule has 0 spiro atoms. The maximum absolute atomic E-state index is 9.19. The molecule has 0 aromatic rings. The fraction of sp³-hybridized carbons (Fsp3) is 0.500. The van der Waals surface area contributed by atoms with E-state index in [-0.39, 0.29) is 6.41 Å². The molecular formula is C2H7NO4S. The Morgan fingerprint density at radius 1 is 1.62 bits per heavy atom. The number of nitrogens with two attached hydrogens (primary N) is 1. The van der Waals surface area contributed by atoms with Gasteiger partial charge in [0.25, 0.3) is 10.1 Å². The van der Waals surface area contributed by atoms with Crippen LogP contribution in [0, 0.1) is 0 Å². The van der Waals surface area contributed by atoms with Crippen LogP contribution in [0.1, 0.15) is 0 Å². The van der Waals surface area contributed by atoms with Crippen molar-refractivity contribution in [3.63, 3.8) is 0 Å². The fourth-order valence-electron chi connectivity index (χ4n) is 0. The Labute approximate surface area is 47.2 Å². The summed E-state index contributed by atoms with van der Waals surface area (Å²) in [6.07, 6.45) is 0.965. The van der Waals surface area contributed by atoms with Gasteiger partial charge in [0.05, 0.1) is 6.26 Å². The molecule has 6 heteroatoms. The Hall–Kier alpha value is -0.620. The van der Waals surface area contributed by atoms with E-state index in [0.29, 0.717) is 6.26 Å². The highest BCUT2D eigenvalue weighted by molar-refractivity contribution is 7.85. The second-order valence-electron chi connectivity index (χ2n) is 0.869. The monoisotopic (exact) mass is 141 g/mol. The topological polar surface area (TPSA) is 97.5 Å². The minimum absolute atomic E-state index is 0.250. The molecule has 0 aliphatic heterocycles. The third kappa shape index (κ3) is 269. The van der Waals surface area contributed by atoms with E-state index in [1.54, 1.807) is 0 Å². The summed E-state index contributed by atoms with van der Waals surface area (Å²) in [5.74, 6) is 0. The van der Waals surface area contributed by atoms with Crippen molar-refractivity contribution in [1.29, 1.82) is 0 Å². The maximum Gasteiger partial charge on any atom is 0.261 e. The standard InChI is InChI=1S/CH3NO.CH4O3S/c2-1-3;1-5(2,3)4/h1H,(H2,2,3);1H3,(H,2,3,4). The van der Waals surface area contributed by atoms with Gasteiger partial charge in [-0.05, 0) is 0 Å². The van der Waals surface area contributed by atoms with Crippen molar-refractivity contribution in [3.05, 3.63) is 0 Å². The van der Waals surface area contributed by atoms with E-state index in [0.717, 1.165) is 0 Å². The molecule has 0 aliphatic carbocycles. The lowest BCUT2D eigenvalue weighted by molar-refractivity contribution is -0.106.